The molecule has 0 saturated heterocycles. The fraction of sp³-hybridized carbons (Fsp3) is 0.125. The van der Waals surface area contributed by atoms with Crippen molar-refractivity contribution in [2.75, 3.05) is 11.6 Å². The van der Waals surface area contributed by atoms with Crippen LogP contribution in [0.15, 0.2) is 48.8 Å². The Morgan fingerprint density at radius 3 is 2.84 bits per heavy atom. The van der Waals surface area contributed by atoms with Gasteiger partial charge in [-0.15, -0.1) is 0 Å². The third kappa shape index (κ3) is 4.36. The minimum Gasteiger partial charge on any atom is -0.321 e. The topological polar surface area (TPSA) is 89.8 Å². The Kier molecular flexibility index (Phi) is 4.76. The Bertz CT molecular complexity index is 1050. The van der Waals surface area contributed by atoms with Crippen LogP contribution in [-0.4, -0.2) is 30.0 Å². The molecule has 1 N–H and O–H groups in total. The van der Waals surface area contributed by atoms with Gasteiger partial charge in [0.1, 0.15) is 11.3 Å². The van der Waals surface area contributed by atoms with Crippen molar-refractivity contribution in [1.82, 2.24) is 9.38 Å². The molecule has 0 spiro atoms. The molecule has 0 aliphatic heterocycles. The molecule has 25 heavy (non-hydrogen) atoms. The lowest BCUT2D eigenvalue weighted by molar-refractivity contribution is 0.102. The second-order valence-electron chi connectivity index (χ2n) is 5.34. The monoisotopic (exact) mass is 379 g/mol. The second kappa shape index (κ2) is 6.83. The second-order valence-corrected chi connectivity index (χ2v) is 7.42. The van der Waals surface area contributed by atoms with Crippen LogP contribution in [0.1, 0.15) is 16.1 Å². The summed E-state index contributed by atoms with van der Waals surface area (Å²) in [5.74, 6) is -0.338. The number of hydrogen-bond acceptors (Lipinski definition) is 5. The zero-order chi connectivity index (χ0) is 18.0. The highest BCUT2D eigenvalue weighted by Crippen LogP contribution is 2.17. The molecule has 9 heteroatoms. The molecular formula is C16H14ClN3O4S. The van der Waals surface area contributed by atoms with Crippen molar-refractivity contribution in [2.24, 2.45) is 0 Å². The first-order valence-corrected chi connectivity index (χ1v) is 9.38. The van der Waals surface area contributed by atoms with E-state index >= 15 is 0 Å². The molecule has 0 saturated carbocycles. The number of anilines is 1. The van der Waals surface area contributed by atoms with Crippen LogP contribution in [0, 0.1) is 0 Å². The van der Waals surface area contributed by atoms with E-state index in [-0.39, 0.29) is 12.5 Å². The van der Waals surface area contributed by atoms with Crippen molar-refractivity contribution < 1.29 is 17.4 Å². The number of amides is 1. The van der Waals surface area contributed by atoms with Gasteiger partial charge < -0.3 is 5.32 Å². The van der Waals surface area contributed by atoms with Gasteiger partial charge in [-0.3, -0.25) is 13.4 Å². The fourth-order valence-electron chi connectivity index (χ4n) is 2.22. The summed E-state index contributed by atoms with van der Waals surface area (Å²) >= 11 is 5.90. The van der Waals surface area contributed by atoms with E-state index in [0.717, 1.165) is 6.26 Å². The van der Waals surface area contributed by atoms with E-state index in [9.17, 15) is 13.2 Å². The van der Waals surface area contributed by atoms with Gasteiger partial charge in [0.2, 0.25) is 0 Å². The van der Waals surface area contributed by atoms with E-state index in [0.29, 0.717) is 27.6 Å². The molecule has 3 rings (SSSR count). The zero-order valence-corrected chi connectivity index (χ0v) is 14.7. The summed E-state index contributed by atoms with van der Waals surface area (Å²) in [5.41, 5.74) is 2.05. The van der Waals surface area contributed by atoms with E-state index in [4.69, 9.17) is 15.8 Å². The molecular weight excluding hydrogens is 366 g/mol. The largest absolute Gasteiger partial charge is 0.321 e. The van der Waals surface area contributed by atoms with E-state index in [1.54, 1.807) is 47.0 Å². The molecule has 7 nitrogen and oxygen atoms in total. The molecule has 2 aromatic heterocycles. The molecule has 0 atom stereocenters. The van der Waals surface area contributed by atoms with E-state index in [1.807, 2.05) is 0 Å². The normalized spacial score (nSPS) is 11.6. The summed E-state index contributed by atoms with van der Waals surface area (Å²) in [7, 11) is -3.52. The van der Waals surface area contributed by atoms with Gasteiger partial charge >= 0.3 is 0 Å². The van der Waals surface area contributed by atoms with Gasteiger partial charge in [-0.2, -0.15) is 8.42 Å². The van der Waals surface area contributed by atoms with Crippen molar-refractivity contribution >= 4 is 39.0 Å². The van der Waals surface area contributed by atoms with Crippen LogP contribution in [0.3, 0.4) is 0 Å². The number of fused-ring (bicyclic) bond motifs is 1. The minimum atomic E-state index is -3.52. The molecule has 0 aliphatic rings. The lowest BCUT2D eigenvalue weighted by Gasteiger charge is -2.06. The van der Waals surface area contributed by atoms with Crippen LogP contribution < -0.4 is 5.32 Å². The number of rotatable bonds is 5. The summed E-state index contributed by atoms with van der Waals surface area (Å²) in [6.45, 7) is -0.0910. The molecule has 2 heterocycles. The number of carbonyl (C=O) groups excluding carboxylic acids is 1. The molecule has 0 fully saturated rings. The summed E-state index contributed by atoms with van der Waals surface area (Å²) in [4.78, 5) is 16.6. The summed E-state index contributed by atoms with van der Waals surface area (Å²) in [5, 5.41) is 3.27. The Morgan fingerprint density at radius 2 is 2.12 bits per heavy atom. The number of halogens is 1. The maximum atomic E-state index is 12.4. The summed E-state index contributed by atoms with van der Waals surface area (Å²) in [6, 6.07) is 10.1. The molecule has 0 aliphatic carbocycles. The lowest BCUT2D eigenvalue weighted by Crippen LogP contribution is -2.14. The molecule has 0 radical (unpaired) electrons. The SMILES string of the molecule is CS(=O)(=O)OCc1ccn2c(C(=O)Nc3cccc(Cl)c3)cnc2c1. The van der Waals surface area contributed by atoms with Crippen LogP contribution in [0.5, 0.6) is 0 Å². The van der Waals surface area contributed by atoms with Crippen molar-refractivity contribution in [1.29, 1.82) is 0 Å². The maximum Gasteiger partial charge on any atom is 0.274 e. The van der Waals surface area contributed by atoms with E-state index < -0.39 is 10.1 Å². The number of benzene rings is 1. The first kappa shape index (κ1) is 17.4. The van der Waals surface area contributed by atoms with Gasteiger partial charge in [0, 0.05) is 16.9 Å². The first-order valence-electron chi connectivity index (χ1n) is 7.19. The first-order chi connectivity index (χ1) is 11.8. The van der Waals surface area contributed by atoms with Crippen molar-refractivity contribution in [3.63, 3.8) is 0 Å². The molecule has 1 aromatic carbocycles. The van der Waals surface area contributed by atoms with Crippen LogP contribution in [0.2, 0.25) is 5.02 Å². The number of pyridine rings is 1. The smallest absolute Gasteiger partial charge is 0.274 e. The average Bonchev–Trinajstić information content (AvgIpc) is 2.95. The Balaban J connectivity index is 1.82. The Hall–Kier alpha value is -2.42. The third-order valence-corrected chi connectivity index (χ3v) is 4.11. The van der Waals surface area contributed by atoms with Crippen LogP contribution >= 0.6 is 11.6 Å². The molecule has 130 valence electrons. The average molecular weight is 380 g/mol. The van der Waals surface area contributed by atoms with Crippen LogP contribution in [0.25, 0.3) is 5.65 Å². The number of aromatic nitrogens is 2. The number of nitrogens with zero attached hydrogens (tertiary/aromatic N) is 2. The maximum absolute atomic E-state index is 12.4. The Morgan fingerprint density at radius 1 is 1.32 bits per heavy atom. The number of nitrogens with one attached hydrogen (secondary N) is 1. The van der Waals surface area contributed by atoms with E-state index in [1.165, 1.54) is 6.20 Å². The van der Waals surface area contributed by atoms with Crippen LogP contribution in [0.4, 0.5) is 5.69 Å². The number of imidazole rings is 1. The Labute approximate surface area is 149 Å². The van der Waals surface area contributed by atoms with E-state index in [2.05, 4.69) is 10.3 Å². The van der Waals surface area contributed by atoms with Gasteiger partial charge in [0.25, 0.3) is 16.0 Å². The molecule has 1 amide bonds. The molecule has 0 unspecified atom stereocenters. The van der Waals surface area contributed by atoms with Gasteiger partial charge in [-0.1, -0.05) is 17.7 Å². The lowest BCUT2D eigenvalue weighted by atomic mass is 10.3. The molecule has 3 aromatic rings. The zero-order valence-electron chi connectivity index (χ0n) is 13.1. The van der Waals surface area contributed by atoms with Gasteiger partial charge in [-0.25, -0.2) is 4.98 Å². The van der Waals surface area contributed by atoms with Gasteiger partial charge in [-0.05, 0) is 35.9 Å². The van der Waals surface area contributed by atoms with Crippen molar-refractivity contribution in [3.8, 4) is 0 Å². The summed E-state index contributed by atoms with van der Waals surface area (Å²) in [6.07, 6.45) is 4.06. The number of carbonyl (C=O) groups is 1. The highest BCUT2D eigenvalue weighted by Gasteiger charge is 2.13. The predicted octanol–water partition coefficient (Wildman–Crippen LogP) is 2.72. The fourth-order valence-corrected chi connectivity index (χ4v) is 2.76. The molecule has 0 bridgehead atoms. The minimum absolute atomic E-state index is 0.0910. The quantitative estimate of drug-likeness (QED) is 0.688. The van der Waals surface area contributed by atoms with Crippen molar-refractivity contribution in [2.45, 2.75) is 6.61 Å². The predicted molar refractivity (Wildman–Crippen MR) is 94.2 cm³/mol. The van der Waals surface area contributed by atoms with Gasteiger partial charge in [0.15, 0.2) is 0 Å². The van der Waals surface area contributed by atoms with Crippen LogP contribution in [-0.2, 0) is 20.9 Å². The van der Waals surface area contributed by atoms with Gasteiger partial charge in [0.05, 0.1) is 19.1 Å². The number of hydrogen-bond donors (Lipinski definition) is 1. The summed E-state index contributed by atoms with van der Waals surface area (Å²) < 4.78 is 28.5. The third-order valence-electron chi connectivity index (χ3n) is 3.33. The van der Waals surface area contributed by atoms with Crippen molar-refractivity contribution in [3.05, 3.63) is 65.1 Å². The standard InChI is InChI=1S/C16H14ClN3O4S/c1-25(22,23)24-10-11-5-6-20-14(9-18-15(20)7-11)16(21)19-13-4-2-3-12(17)8-13/h2-9H,10H2,1H3,(H,19,21). The highest BCUT2D eigenvalue weighted by atomic mass is 35.5. The highest BCUT2D eigenvalue weighted by molar-refractivity contribution is 7.85.